The third-order valence-electron chi connectivity index (χ3n) is 2.98. The molecule has 0 rings (SSSR count). The van der Waals surface area contributed by atoms with E-state index in [1.54, 1.807) is 0 Å². The van der Waals surface area contributed by atoms with Gasteiger partial charge in [0.15, 0.2) is 0 Å². The zero-order valence-electron chi connectivity index (χ0n) is 10.9. The van der Waals surface area contributed by atoms with Gasteiger partial charge in [0.05, 0.1) is 6.04 Å². The number of rotatable bonds is 8. The van der Waals surface area contributed by atoms with Gasteiger partial charge in [0.1, 0.15) is 0 Å². The highest BCUT2D eigenvalue weighted by atomic mass is 16.4. The summed E-state index contributed by atoms with van der Waals surface area (Å²) in [6.07, 6.45) is 2.22. The monoisotopic (exact) mass is 244 g/mol. The van der Waals surface area contributed by atoms with Crippen LogP contribution in [0.2, 0.25) is 0 Å². The number of nitrogens with two attached hydrogens (primary N) is 1. The summed E-state index contributed by atoms with van der Waals surface area (Å²) < 4.78 is 0. The van der Waals surface area contributed by atoms with E-state index < -0.39 is 12.0 Å². The predicted molar refractivity (Wildman–Crippen MR) is 66.5 cm³/mol. The molecule has 4 N–H and O–H groups in total. The lowest BCUT2D eigenvalue weighted by atomic mass is 9.99. The Morgan fingerprint density at radius 1 is 1.35 bits per heavy atom. The molecule has 0 aliphatic heterocycles. The summed E-state index contributed by atoms with van der Waals surface area (Å²) in [5.41, 5.74) is 5.79. The van der Waals surface area contributed by atoms with Gasteiger partial charge in [-0.2, -0.15) is 0 Å². The number of hydrogen-bond acceptors (Lipinski definition) is 3. The molecule has 5 nitrogen and oxygen atoms in total. The maximum atomic E-state index is 11.7. The quantitative estimate of drug-likeness (QED) is 0.596. The van der Waals surface area contributed by atoms with Crippen molar-refractivity contribution in [2.45, 2.75) is 58.5 Å². The van der Waals surface area contributed by atoms with E-state index >= 15 is 0 Å². The average Bonchev–Trinajstić information content (AvgIpc) is 2.26. The van der Waals surface area contributed by atoms with Crippen LogP contribution in [0.4, 0.5) is 0 Å². The van der Waals surface area contributed by atoms with Crippen LogP contribution in [0.1, 0.15) is 46.5 Å². The fourth-order valence-electron chi connectivity index (χ4n) is 1.48. The number of nitrogens with one attached hydrogen (secondary N) is 1. The molecule has 0 bridgehead atoms. The van der Waals surface area contributed by atoms with Gasteiger partial charge in [-0.05, 0) is 25.7 Å². The Morgan fingerprint density at radius 3 is 2.41 bits per heavy atom. The summed E-state index contributed by atoms with van der Waals surface area (Å²) >= 11 is 0. The van der Waals surface area contributed by atoms with Gasteiger partial charge in [-0.15, -0.1) is 0 Å². The third kappa shape index (κ3) is 6.94. The molecule has 0 aliphatic rings. The van der Waals surface area contributed by atoms with Crippen LogP contribution in [0.3, 0.4) is 0 Å². The van der Waals surface area contributed by atoms with Crippen LogP contribution in [0.25, 0.3) is 0 Å². The Kier molecular flexibility index (Phi) is 7.54. The molecule has 0 aliphatic carbocycles. The van der Waals surface area contributed by atoms with Crippen LogP contribution in [-0.2, 0) is 9.59 Å². The maximum absolute atomic E-state index is 11.7. The van der Waals surface area contributed by atoms with Crippen molar-refractivity contribution in [2.24, 2.45) is 11.7 Å². The Balaban J connectivity index is 3.90. The Hall–Kier alpha value is -1.10. The van der Waals surface area contributed by atoms with Crippen molar-refractivity contribution in [2.75, 3.05) is 0 Å². The number of aliphatic carboxylic acids is 1. The summed E-state index contributed by atoms with van der Waals surface area (Å²) in [5, 5.41) is 11.3. The maximum Gasteiger partial charge on any atom is 0.303 e. The number of carboxylic acid groups (broad SMARTS) is 1. The van der Waals surface area contributed by atoms with E-state index in [2.05, 4.69) is 5.32 Å². The molecule has 2 unspecified atom stereocenters. The van der Waals surface area contributed by atoms with E-state index in [0.29, 0.717) is 12.8 Å². The van der Waals surface area contributed by atoms with Gasteiger partial charge in [-0.1, -0.05) is 20.3 Å². The van der Waals surface area contributed by atoms with Gasteiger partial charge in [0.25, 0.3) is 0 Å². The summed E-state index contributed by atoms with van der Waals surface area (Å²) in [4.78, 5) is 22.0. The summed E-state index contributed by atoms with van der Waals surface area (Å²) in [6.45, 7) is 5.80. The van der Waals surface area contributed by atoms with Crippen molar-refractivity contribution in [1.29, 1.82) is 0 Å². The van der Waals surface area contributed by atoms with Crippen molar-refractivity contribution in [3.05, 3.63) is 0 Å². The van der Waals surface area contributed by atoms with Gasteiger partial charge in [0.2, 0.25) is 5.91 Å². The molecule has 0 radical (unpaired) electrons. The number of amides is 1. The lowest BCUT2D eigenvalue weighted by molar-refractivity contribution is -0.137. The second kappa shape index (κ2) is 8.06. The average molecular weight is 244 g/mol. The predicted octanol–water partition coefficient (Wildman–Crippen LogP) is 1.12. The fourth-order valence-corrected chi connectivity index (χ4v) is 1.48. The molecule has 0 saturated carbocycles. The Bertz CT molecular complexity index is 256. The molecule has 100 valence electrons. The summed E-state index contributed by atoms with van der Waals surface area (Å²) in [5.74, 6) is -0.803. The first-order valence-corrected chi connectivity index (χ1v) is 6.16. The topological polar surface area (TPSA) is 92.4 Å². The molecule has 0 saturated heterocycles. The molecule has 0 aromatic rings. The van der Waals surface area contributed by atoms with Crippen LogP contribution in [0.5, 0.6) is 0 Å². The molecular weight excluding hydrogens is 220 g/mol. The van der Waals surface area contributed by atoms with E-state index in [0.717, 1.165) is 6.42 Å². The fraction of sp³-hybridized carbons (Fsp3) is 0.833. The molecule has 17 heavy (non-hydrogen) atoms. The van der Waals surface area contributed by atoms with Crippen LogP contribution < -0.4 is 11.1 Å². The van der Waals surface area contributed by atoms with E-state index in [-0.39, 0.29) is 24.3 Å². The third-order valence-corrected chi connectivity index (χ3v) is 2.98. The first-order valence-electron chi connectivity index (χ1n) is 6.16. The molecule has 5 heteroatoms. The number of carbonyl (C=O) groups excluding carboxylic acids is 1. The molecular formula is C12H24N2O3. The largest absolute Gasteiger partial charge is 0.481 e. The van der Waals surface area contributed by atoms with Gasteiger partial charge < -0.3 is 16.2 Å². The standard InChI is InChI=1S/C12H24N2O3/c1-4-8(2)11(13)12(17)14-9(3)6-5-7-10(15)16/h8-9,11H,4-7,13H2,1-3H3,(H,14,17)(H,15,16)/t8?,9?,11-/m0/s1. The van der Waals surface area contributed by atoms with E-state index in [9.17, 15) is 9.59 Å². The highest BCUT2D eigenvalue weighted by Gasteiger charge is 2.20. The second-order valence-corrected chi connectivity index (χ2v) is 4.61. The van der Waals surface area contributed by atoms with Crippen molar-refractivity contribution >= 4 is 11.9 Å². The smallest absolute Gasteiger partial charge is 0.303 e. The van der Waals surface area contributed by atoms with Crippen LogP contribution >= 0.6 is 0 Å². The van der Waals surface area contributed by atoms with Crippen LogP contribution in [-0.4, -0.2) is 29.1 Å². The number of carbonyl (C=O) groups is 2. The minimum Gasteiger partial charge on any atom is -0.481 e. The SMILES string of the molecule is CCC(C)[C@H](N)C(=O)NC(C)CCCC(=O)O. The highest BCUT2D eigenvalue weighted by Crippen LogP contribution is 2.06. The van der Waals surface area contributed by atoms with Crippen molar-refractivity contribution in [1.82, 2.24) is 5.32 Å². The van der Waals surface area contributed by atoms with Crippen molar-refractivity contribution in [3.8, 4) is 0 Å². The zero-order chi connectivity index (χ0) is 13.4. The molecule has 3 atom stereocenters. The molecule has 1 amide bonds. The lowest BCUT2D eigenvalue weighted by Gasteiger charge is -2.20. The van der Waals surface area contributed by atoms with Crippen LogP contribution in [0, 0.1) is 5.92 Å². The van der Waals surface area contributed by atoms with Gasteiger partial charge in [0, 0.05) is 12.5 Å². The zero-order valence-corrected chi connectivity index (χ0v) is 10.9. The summed E-state index contributed by atoms with van der Waals surface area (Å²) in [7, 11) is 0. The molecule has 0 aromatic carbocycles. The first-order chi connectivity index (χ1) is 7.88. The Labute approximate surface area is 103 Å². The second-order valence-electron chi connectivity index (χ2n) is 4.61. The van der Waals surface area contributed by atoms with Crippen molar-refractivity contribution in [3.63, 3.8) is 0 Å². The Morgan fingerprint density at radius 2 is 1.94 bits per heavy atom. The highest BCUT2D eigenvalue weighted by molar-refractivity contribution is 5.82. The van der Waals surface area contributed by atoms with Gasteiger partial charge >= 0.3 is 5.97 Å². The van der Waals surface area contributed by atoms with E-state index in [4.69, 9.17) is 10.8 Å². The van der Waals surface area contributed by atoms with E-state index in [1.165, 1.54) is 0 Å². The normalized spacial score (nSPS) is 16.0. The minimum absolute atomic E-state index is 0.0306. The molecule has 0 fully saturated rings. The lowest BCUT2D eigenvalue weighted by Crippen LogP contribution is -2.47. The van der Waals surface area contributed by atoms with Crippen LogP contribution in [0.15, 0.2) is 0 Å². The van der Waals surface area contributed by atoms with E-state index in [1.807, 2.05) is 20.8 Å². The van der Waals surface area contributed by atoms with Gasteiger partial charge in [-0.25, -0.2) is 0 Å². The molecule has 0 aromatic heterocycles. The molecule has 0 spiro atoms. The minimum atomic E-state index is -0.806. The van der Waals surface area contributed by atoms with Crippen molar-refractivity contribution < 1.29 is 14.7 Å². The molecule has 0 heterocycles. The number of carboxylic acids is 1. The van der Waals surface area contributed by atoms with Gasteiger partial charge in [-0.3, -0.25) is 9.59 Å². The first kappa shape index (κ1) is 15.9. The number of hydrogen-bond donors (Lipinski definition) is 3. The summed E-state index contributed by atoms with van der Waals surface area (Å²) in [6, 6.07) is -0.515.